The summed E-state index contributed by atoms with van der Waals surface area (Å²) in [7, 11) is 0. The van der Waals surface area contributed by atoms with E-state index >= 15 is 0 Å². The molecule has 3 aliphatic rings. The number of hydrogen-bond acceptors (Lipinski definition) is 7. The van der Waals surface area contributed by atoms with Gasteiger partial charge < -0.3 is 19.7 Å². The van der Waals surface area contributed by atoms with E-state index < -0.39 is 23.5 Å². The first-order chi connectivity index (χ1) is 15.0. The maximum atomic E-state index is 13.1. The van der Waals surface area contributed by atoms with Crippen molar-refractivity contribution >= 4 is 29.3 Å². The number of nitrogens with zero attached hydrogens (tertiary/aromatic N) is 3. The minimum atomic E-state index is -1.05. The number of nitrogens with one attached hydrogen (secondary N) is 2. The van der Waals surface area contributed by atoms with Crippen molar-refractivity contribution in [2.75, 3.05) is 36.5 Å². The number of hydrogen-bond donors (Lipinski definition) is 2. The summed E-state index contributed by atoms with van der Waals surface area (Å²) in [5, 5.41) is 12.8. The number of piperidine rings is 1. The zero-order chi connectivity index (χ0) is 21.6. The van der Waals surface area contributed by atoms with Crippen molar-refractivity contribution < 1.29 is 14.3 Å². The maximum absolute atomic E-state index is 13.1. The van der Waals surface area contributed by atoms with Crippen LogP contribution in [-0.2, 0) is 14.3 Å². The fraction of sp³-hybridized carbons (Fsp3) is 0.429. The molecular formula is C21H20ClN5O4. The Morgan fingerprint density at radius 3 is 2.48 bits per heavy atom. The molecule has 9 nitrogen and oxygen atoms in total. The molecule has 1 amide bonds. The summed E-state index contributed by atoms with van der Waals surface area (Å²) in [6.45, 7) is 2.37. The van der Waals surface area contributed by atoms with Crippen molar-refractivity contribution in [3.8, 4) is 6.07 Å². The third kappa shape index (κ3) is 3.47. The molecule has 0 saturated carbocycles. The summed E-state index contributed by atoms with van der Waals surface area (Å²) < 4.78 is 11.5. The molecule has 3 aliphatic heterocycles. The monoisotopic (exact) mass is 441 g/mol. The van der Waals surface area contributed by atoms with Gasteiger partial charge in [0.1, 0.15) is 11.7 Å². The van der Waals surface area contributed by atoms with Gasteiger partial charge in [0.2, 0.25) is 11.9 Å². The number of nitriles is 1. The lowest BCUT2D eigenvalue weighted by Crippen LogP contribution is -2.46. The van der Waals surface area contributed by atoms with Crippen molar-refractivity contribution in [3.63, 3.8) is 0 Å². The Hall–Kier alpha value is -2.93. The Kier molecular flexibility index (Phi) is 4.93. The summed E-state index contributed by atoms with van der Waals surface area (Å²) in [4.78, 5) is 35.1. The number of benzene rings is 1. The van der Waals surface area contributed by atoms with Crippen molar-refractivity contribution in [3.05, 3.63) is 50.8 Å². The van der Waals surface area contributed by atoms with Gasteiger partial charge in [-0.25, -0.2) is 0 Å². The van der Waals surface area contributed by atoms with Gasteiger partial charge in [0, 0.05) is 36.9 Å². The first-order valence-corrected chi connectivity index (χ1v) is 10.5. The number of ether oxygens (including phenoxy) is 2. The van der Waals surface area contributed by atoms with E-state index in [1.165, 1.54) is 0 Å². The normalized spacial score (nSPS) is 24.5. The van der Waals surface area contributed by atoms with Gasteiger partial charge in [-0.05, 0) is 17.7 Å². The van der Waals surface area contributed by atoms with E-state index in [0.717, 1.165) is 0 Å². The van der Waals surface area contributed by atoms with Gasteiger partial charge in [-0.2, -0.15) is 10.2 Å². The quantitative estimate of drug-likeness (QED) is 0.731. The largest absolute Gasteiger partial charge is 0.347 e. The minimum absolute atomic E-state index is 0.184. The van der Waals surface area contributed by atoms with Gasteiger partial charge in [0.05, 0.1) is 24.8 Å². The number of aromatic nitrogens is 2. The van der Waals surface area contributed by atoms with Gasteiger partial charge >= 0.3 is 0 Å². The lowest BCUT2D eigenvalue weighted by atomic mass is 9.79. The molecule has 0 bridgehead atoms. The van der Waals surface area contributed by atoms with Crippen LogP contribution in [0.1, 0.15) is 29.9 Å². The molecule has 1 aromatic heterocycles. The van der Waals surface area contributed by atoms with Crippen LogP contribution in [0.15, 0.2) is 29.1 Å². The second kappa shape index (κ2) is 7.64. The van der Waals surface area contributed by atoms with Gasteiger partial charge in [-0.3, -0.25) is 14.6 Å². The molecule has 2 saturated heterocycles. The van der Waals surface area contributed by atoms with Crippen molar-refractivity contribution in [1.29, 1.82) is 5.26 Å². The van der Waals surface area contributed by atoms with E-state index in [4.69, 9.17) is 21.1 Å². The second-order valence-corrected chi connectivity index (χ2v) is 8.31. The molecule has 5 rings (SSSR count). The lowest BCUT2D eigenvalue weighted by Gasteiger charge is -2.38. The van der Waals surface area contributed by atoms with E-state index in [0.29, 0.717) is 55.7 Å². The van der Waals surface area contributed by atoms with E-state index in [1.807, 2.05) is 11.0 Å². The number of rotatable bonds is 2. The zero-order valence-electron chi connectivity index (χ0n) is 16.6. The topological polar surface area (TPSA) is 120 Å². The van der Waals surface area contributed by atoms with Crippen LogP contribution in [0, 0.1) is 17.2 Å². The average molecular weight is 442 g/mol. The molecule has 0 radical (unpaired) electrons. The molecule has 2 N–H and O–H groups in total. The molecular weight excluding hydrogens is 422 g/mol. The Morgan fingerprint density at radius 2 is 1.84 bits per heavy atom. The summed E-state index contributed by atoms with van der Waals surface area (Å²) in [5.41, 5.74) is 0.546. The standard InChI is InChI=1S/C21H20ClN5O4/c22-13-3-1-12(2-4-13)15-14(11-23)18(28)24-17-16(15)19(29)26-20(25-17)27-7-5-21(6-8-27)30-9-10-31-21/h1-4,14-15H,5-10H2,(H2,24,25,26,28,29). The Labute approximate surface area is 182 Å². The maximum Gasteiger partial charge on any atom is 0.258 e. The SMILES string of the molecule is N#CC1C(=O)Nc2nc(N3CCC4(CC3)OCCO4)[nH]c(=O)c2C1c1ccc(Cl)cc1. The van der Waals surface area contributed by atoms with Crippen LogP contribution in [0.2, 0.25) is 5.02 Å². The summed E-state index contributed by atoms with van der Waals surface area (Å²) in [6.07, 6.45) is 1.31. The molecule has 4 heterocycles. The van der Waals surface area contributed by atoms with Crippen molar-refractivity contribution in [2.24, 2.45) is 5.92 Å². The van der Waals surface area contributed by atoms with E-state index in [2.05, 4.69) is 15.3 Å². The van der Waals surface area contributed by atoms with E-state index in [1.54, 1.807) is 24.3 Å². The second-order valence-electron chi connectivity index (χ2n) is 7.87. The van der Waals surface area contributed by atoms with Gasteiger partial charge in [-0.1, -0.05) is 23.7 Å². The number of aromatic amines is 1. The summed E-state index contributed by atoms with van der Waals surface area (Å²) in [6, 6.07) is 8.81. The van der Waals surface area contributed by atoms with Crippen LogP contribution in [0.3, 0.4) is 0 Å². The summed E-state index contributed by atoms with van der Waals surface area (Å²) >= 11 is 5.98. The van der Waals surface area contributed by atoms with Crippen LogP contribution in [-0.4, -0.2) is 48.0 Å². The minimum Gasteiger partial charge on any atom is -0.347 e. The third-order valence-electron chi connectivity index (χ3n) is 6.12. The molecule has 2 unspecified atom stereocenters. The van der Waals surface area contributed by atoms with Gasteiger partial charge in [0.25, 0.3) is 5.56 Å². The molecule has 0 aliphatic carbocycles. The highest BCUT2D eigenvalue weighted by Gasteiger charge is 2.42. The fourth-order valence-corrected chi connectivity index (χ4v) is 4.65. The smallest absolute Gasteiger partial charge is 0.258 e. The van der Waals surface area contributed by atoms with E-state index in [9.17, 15) is 14.9 Å². The van der Waals surface area contributed by atoms with Crippen LogP contribution < -0.4 is 15.8 Å². The molecule has 31 heavy (non-hydrogen) atoms. The van der Waals surface area contributed by atoms with Crippen LogP contribution in [0.4, 0.5) is 11.8 Å². The highest BCUT2D eigenvalue weighted by atomic mass is 35.5. The van der Waals surface area contributed by atoms with Crippen molar-refractivity contribution in [1.82, 2.24) is 9.97 Å². The molecule has 10 heteroatoms. The van der Waals surface area contributed by atoms with E-state index in [-0.39, 0.29) is 16.9 Å². The first-order valence-electron chi connectivity index (χ1n) is 10.1. The van der Waals surface area contributed by atoms with Crippen LogP contribution in [0.5, 0.6) is 0 Å². The molecule has 2 atom stereocenters. The van der Waals surface area contributed by atoms with Crippen LogP contribution >= 0.6 is 11.6 Å². The molecule has 160 valence electrons. The predicted octanol–water partition coefficient (Wildman–Crippen LogP) is 1.99. The number of halogens is 1. The fourth-order valence-electron chi connectivity index (χ4n) is 4.52. The Balaban J connectivity index is 1.50. The lowest BCUT2D eigenvalue weighted by molar-refractivity contribution is -0.169. The van der Waals surface area contributed by atoms with Gasteiger partial charge in [-0.15, -0.1) is 0 Å². The van der Waals surface area contributed by atoms with Gasteiger partial charge in [0.15, 0.2) is 5.79 Å². The number of anilines is 2. The number of H-pyrrole nitrogens is 1. The average Bonchev–Trinajstić information content (AvgIpc) is 3.21. The third-order valence-corrected chi connectivity index (χ3v) is 6.37. The molecule has 1 spiro atoms. The highest BCUT2D eigenvalue weighted by Crippen LogP contribution is 2.39. The molecule has 1 aromatic carbocycles. The number of carbonyl (C=O) groups excluding carboxylic acids is 1. The number of fused-ring (bicyclic) bond motifs is 1. The Bertz CT molecular complexity index is 1110. The summed E-state index contributed by atoms with van der Waals surface area (Å²) in [5.74, 6) is -2.25. The molecule has 2 fully saturated rings. The predicted molar refractivity (Wildman–Crippen MR) is 112 cm³/mol. The Morgan fingerprint density at radius 1 is 1.16 bits per heavy atom. The van der Waals surface area contributed by atoms with Crippen molar-refractivity contribution in [2.45, 2.75) is 24.5 Å². The van der Waals surface area contributed by atoms with Crippen LogP contribution in [0.25, 0.3) is 0 Å². The number of carbonyl (C=O) groups is 1. The molecule has 2 aromatic rings. The first kappa shape index (κ1) is 20.0. The number of amides is 1. The zero-order valence-corrected chi connectivity index (χ0v) is 17.3. The highest BCUT2D eigenvalue weighted by molar-refractivity contribution is 6.30.